The zero-order valence-electron chi connectivity index (χ0n) is 14.6. The fourth-order valence-corrected chi connectivity index (χ4v) is 2.15. The Morgan fingerprint density at radius 1 is 0.955 bits per heavy atom. The van der Waals surface area contributed by atoms with Crippen molar-refractivity contribution < 1.29 is 19.1 Å². The summed E-state index contributed by atoms with van der Waals surface area (Å²) in [6, 6.07) is 0. The molecule has 1 heterocycles. The highest BCUT2D eigenvalue weighted by atomic mass is 16.6. The Morgan fingerprint density at radius 3 is 1.91 bits per heavy atom. The van der Waals surface area contributed by atoms with Crippen molar-refractivity contribution in [3.05, 3.63) is 12.2 Å². The van der Waals surface area contributed by atoms with Gasteiger partial charge >= 0.3 is 12.1 Å². The number of likely N-dealkylation sites (tertiary alicyclic amines) is 1. The van der Waals surface area contributed by atoms with Crippen LogP contribution in [0.4, 0.5) is 4.79 Å². The van der Waals surface area contributed by atoms with Gasteiger partial charge in [0, 0.05) is 19.2 Å². The number of rotatable bonds is 2. The number of amides is 1. The molecule has 1 aliphatic rings. The number of allylic oxidation sites excluding steroid dienone is 1. The molecule has 0 bridgehead atoms. The van der Waals surface area contributed by atoms with Crippen LogP contribution in [0.5, 0.6) is 0 Å². The van der Waals surface area contributed by atoms with Crippen LogP contribution >= 0.6 is 0 Å². The summed E-state index contributed by atoms with van der Waals surface area (Å²) in [4.78, 5) is 25.3. The van der Waals surface area contributed by atoms with E-state index >= 15 is 0 Å². The third kappa shape index (κ3) is 7.48. The molecular formula is C17H29NO4. The highest BCUT2D eigenvalue weighted by Gasteiger charge is 2.26. The first-order valence-corrected chi connectivity index (χ1v) is 7.85. The summed E-state index contributed by atoms with van der Waals surface area (Å²) in [7, 11) is 0. The number of nitrogens with zero attached hydrogens (tertiary/aromatic N) is 1. The smallest absolute Gasteiger partial charge is 0.410 e. The van der Waals surface area contributed by atoms with E-state index < -0.39 is 11.2 Å². The van der Waals surface area contributed by atoms with Crippen molar-refractivity contribution in [3.63, 3.8) is 0 Å². The van der Waals surface area contributed by atoms with Crippen LogP contribution in [0.25, 0.3) is 0 Å². The van der Waals surface area contributed by atoms with Crippen LogP contribution in [-0.2, 0) is 14.3 Å². The summed E-state index contributed by atoms with van der Waals surface area (Å²) in [5, 5.41) is 0. The quantitative estimate of drug-likeness (QED) is 0.578. The predicted molar refractivity (Wildman–Crippen MR) is 85.5 cm³/mol. The zero-order valence-corrected chi connectivity index (χ0v) is 14.6. The van der Waals surface area contributed by atoms with Crippen LogP contribution in [0, 0.1) is 5.92 Å². The molecule has 0 aromatic rings. The Kier molecular flexibility index (Phi) is 6.03. The van der Waals surface area contributed by atoms with E-state index in [1.807, 2.05) is 47.6 Å². The largest absolute Gasteiger partial charge is 0.457 e. The maximum absolute atomic E-state index is 12.0. The van der Waals surface area contributed by atoms with Gasteiger partial charge in [0.2, 0.25) is 0 Å². The summed E-state index contributed by atoms with van der Waals surface area (Å²) in [5.74, 6) is -0.0201. The lowest BCUT2D eigenvalue weighted by Crippen LogP contribution is -2.41. The van der Waals surface area contributed by atoms with Gasteiger partial charge in [-0.15, -0.1) is 0 Å². The lowest BCUT2D eigenvalue weighted by atomic mass is 9.96. The van der Waals surface area contributed by atoms with Crippen molar-refractivity contribution in [2.24, 2.45) is 5.92 Å². The van der Waals surface area contributed by atoms with Gasteiger partial charge in [-0.1, -0.05) is 6.08 Å². The molecule has 0 aliphatic carbocycles. The topological polar surface area (TPSA) is 55.8 Å². The number of hydrogen-bond donors (Lipinski definition) is 0. The first-order valence-electron chi connectivity index (χ1n) is 7.85. The molecule has 1 aliphatic heterocycles. The van der Waals surface area contributed by atoms with Crippen molar-refractivity contribution >= 4 is 12.1 Å². The number of carbonyl (C=O) groups excluding carboxylic acids is 2. The number of piperidine rings is 1. The van der Waals surface area contributed by atoms with Crippen LogP contribution in [-0.4, -0.2) is 41.3 Å². The Balaban J connectivity index is 2.39. The maximum Gasteiger partial charge on any atom is 0.410 e. The maximum atomic E-state index is 12.0. The Labute approximate surface area is 133 Å². The molecule has 1 fully saturated rings. The third-order valence-electron chi connectivity index (χ3n) is 3.10. The lowest BCUT2D eigenvalue weighted by molar-refractivity contribution is -0.148. The van der Waals surface area contributed by atoms with Crippen LogP contribution < -0.4 is 0 Å². The summed E-state index contributed by atoms with van der Waals surface area (Å²) >= 11 is 0. The van der Waals surface area contributed by atoms with Gasteiger partial charge in [0.1, 0.15) is 11.2 Å². The molecule has 5 nitrogen and oxygen atoms in total. The number of ether oxygens (including phenoxy) is 2. The van der Waals surface area contributed by atoms with Gasteiger partial charge in [0.15, 0.2) is 0 Å². The minimum Gasteiger partial charge on any atom is -0.457 e. The summed E-state index contributed by atoms with van der Waals surface area (Å²) in [5.41, 5.74) is -0.938. The molecule has 0 radical (unpaired) electrons. The van der Waals surface area contributed by atoms with Gasteiger partial charge in [-0.3, -0.25) is 0 Å². The van der Waals surface area contributed by atoms with Crippen LogP contribution in [0.3, 0.4) is 0 Å². The molecule has 0 aromatic carbocycles. The minimum absolute atomic E-state index is 0.262. The molecular weight excluding hydrogens is 282 g/mol. The van der Waals surface area contributed by atoms with Gasteiger partial charge in [0.05, 0.1) is 0 Å². The molecule has 0 unspecified atom stereocenters. The number of hydrogen-bond acceptors (Lipinski definition) is 4. The first kappa shape index (κ1) is 18.5. The monoisotopic (exact) mass is 311 g/mol. The van der Waals surface area contributed by atoms with E-state index in [0.717, 1.165) is 12.8 Å². The molecule has 5 heteroatoms. The minimum atomic E-state index is -0.471. The molecule has 0 aromatic heterocycles. The van der Waals surface area contributed by atoms with Crippen molar-refractivity contribution in [1.82, 2.24) is 4.90 Å². The van der Waals surface area contributed by atoms with Crippen molar-refractivity contribution in [2.45, 2.75) is 65.6 Å². The highest BCUT2D eigenvalue weighted by molar-refractivity contribution is 5.82. The Bertz CT molecular complexity index is 421. The Morgan fingerprint density at radius 2 is 1.45 bits per heavy atom. The van der Waals surface area contributed by atoms with Crippen molar-refractivity contribution in [3.8, 4) is 0 Å². The fourth-order valence-electron chi connectivity index (χ4n) is 2.15. The molecule has 0 saturated carbocycles. The third-order valence-corrected chi connectivity index (χ3v) is 3.10. The number of esters is 1. The first-order chi connectivity index (χ1) is 9.96. The summed E-state index contributed by atoms with van der Waals surface area (Å²) in [6.07, 6.45) is 4.79. The van der Waals surface area contributed by atoms with E-state index in [0.29, 0.717) is 19.0 Å². The molecule has 0 N–H and O–H groups in total. The average Bonchev–Trinajstić information content (AvgIpc) is 2.33. The van der Waals surface area contributed by atoms with Crippen molar-refractivity contribution in [1.29, 1.82) is 0 Å². The van der Waals surface area contributed by atoms with Crippen LogP contribution in [0.15, 0.2) is 12.2 Å². The Hall–Kier alpha value is -1.52. The van der Waals surface area contributed by atoms with E-state index in [1.54, 1.807) is 4.90 Å². The average molecular weight is 311 g/mol. The SMILES string of the molecule is CC(C)(C)OC(=O)C=CC1CCN(C(=O)OC(C)(C)C)CC1. The summed E-state index contributed by atoms with van der Waals surface area (Å²) < 4.78 is 10.6. The van der Waals surface area contributed by atoms with Crippen LogP contribution in [0.1, 0.15) is 54.4 Å². The van der Waals surface area contributed by atoms with Gasteiger partial charge in [-0.25, -0.2) is 9.59 Å². The van der Waals surface area contributed by atoms with E-state index in [2.05, 4.69) is 0 Å². The molecule has 22 heavy (non-hydrogen) atoms. The standard InChI is InChI=1S/C17H29NO4/c1-16(2,3)21-14(19)8-7-13-9-11-18(12-10-13)15(20)22-17(4,5)6/h7-8,13H,9-12H2,1-6H3. The predicted octanol–water partition coefficient (Wildman–Crippen LogP) is 3.53. The second-order valence-corrected chi connectivity index (χ2v) is 7.70. The van der Waals surface area contributed by atoms with Crippen molar-refractivity contribution in [2.75, 3.05) is 13.1 Å². The molecule has 126 valence electrons. The fraction of sp³-hybridized carbons (Fsp3) is 0.765. The van der Waals surface area contributed by atoms with Gasteiger partial charge in [-0.2, -0.15) is 0 Å². The van der Waals surface area contributed by atoms with Crippen LogP contribution in [0.2, 0.25) is 0 Å². The van der Waals surface area contributed by atoms with E-state index in [4.69, 9.17) is 9.47 Å². The highest BCUT2D eigenvalue weighted by Crippen LogP contribution is 2.21. The van der Waals surface area contributed by atoms with E-state index in [9.17, 15) is 9.59 Å². The van der Waals surface area contributed by atoms with Gasteiger partial charge in [-0.05, 0) is 60.3 Å². The zero-order chi connectivity index (χ0) is 17.0. The second kappa shape index (κ2) is 7.16. The van der Waals surface area contributed by atoms with E-state index in [-0.39, 0.29) is 12.1 Å². The normalized spacial score (nSPS) is 17.6. The number of carbonyl (C=O) groups is 2. The molecule has 1 rings (SSSR count). The molecule has 0 spiro atoms. The second-order valence-electron chi connectivity index (χ2n) is 7.70. The van der Waals surface area contributed by atoms with Gasteiger partial charge in [0.25, 0.3) is 0 Å². The molecule has 1 amide bonds. The van der Waals surface area contributed by atoms with E-state index in [1.165, 1.54) is 6.08 Å². The lowest BCUT2D eigenvalue weighted by Gasteiger charge is -2.32. The van der Waals surface area contributed by atoms with Gasteiger partial charge < -0.3 is 14.4 Å². The molecule has 1 saturated heterocycles. The molecule has 0 atom stereocenters. The summed E-state index contributed by atoms with van der Waals surface area (Å²) in [6.45, 7) is 12.4.